The van der Waals surface area contributed by atoms with E-state index in [4.69, 9.17) is 17.0 Å². The minimum Gasteiger partial charge on any atom is -0.497 e. The van der Waals surface area contributed by atoms with E-state index in [2.05, 4.69) is 29.7 Å². The van der Waals surface area contributed by atoms with Crippen molar-refractivity contribution >= 4 is 23.0 Å². The van der Waals surface area contributed by atoms with Crippen LogP contribution in [0.4, 0.5) is 5.69 Å². The topological polar surface area (TPSA) is 33.3 Å². The van der Waals surface area contributed by atoms with Gasteiger partial charge in [0.15, 0.2) is 5.11 Å². The lowest BCUT2D eigenvalue weighted by Gasteiger charge is -2.12. The summed E-state index contributed by atoms with van der Waals surface area (Å²) in [6.45, 7) is 2.81. The molecule has 0 unspecified atom stereocenters. The maximum Gasteiger partial charge on any atom is 0.171 e. The Kier molecular flexibility index (Phi) is 4.96. The molecule has 0 heterocycles. The van der Waals surface area contributed by atoms with Crippen LogP contribution in [-0.4, -0.2) is 12.2 Å². The summed E-state index contributed by atoms with van der Waals surface area (Å²) in [4.78, 5) is 0. The molecule has 0 radical (unpaired) electrons. The van der Waals surface area contributed by atoms with Crippen LogP contribution in [0.15, 0.2) is 48.5 Å². The molecule has 0 bridgehead atoms. The molecule has 0 aliphatic carbocycles. The molecule has 0 aliphatic rings. The van der Waals surface area contributed by atoms with Crippen LogP contribution in [0.3, 0.4) is 0 Å². The maximum atomic E-state index is 5.29. The third-order valence-electron chi connectivity index (χ3n) is 3.05. The van der Waals surface area contributed by atoms with Crippen LogP contribution in [-0.2, 0) is 6.54 Å². The Hall–Kier alpha value is -2.07. The molecule has 0 aromatic heterocycles. The van der Waals surface area contributed by atoms with Gasteiger partial charge in [-0.25, -0.2) is 0 Å². The minimum atomic E-state index is 0.610. The van der Waals surface area contributed by atoms with Crippen molar-refractivity contribution in [1.29, 1.82) is 0 Å². The monoisotopic (exact) mass is 286 g/mol. The van der Waals surface area contributed by atoms with Gasteiger partial charge in [0.05, 0.1) is 7.11 Å². The molecule has 0 amide bonds. The molecule has 0 fully saturated rings. The summed E-state index contributed by atoms with van der Waals surface area (Å²) in [5.41, 5.74) is 3.44. The van der Waals surface area contributed by atoms with Gasteiger partial charge in [0.2, 0.25) is 0 Å². The summed E-state index contributed by atoms with van der Waals surface area (Å²) in [7, 11) is 1.65. The van der Waals surface area contributed by atoms with Gasteiger partial charge in [-0.1, -0.05) is 24.3 Å². The first-order chi connectivity index (χ1) is 9.69. The van der Waals surface area contributed by atoms with Crippen LogP contribution in [0.5, 0.6) is 5.75 Å². The molecule has 2 aromatic carbocycles. The van der Waals surface area contributed by atoms with Crippen molar-refractivity contribution < 1.29 is 4.74 Å². The molecule has 104 valence electrons. The summed E-state index contributed by atoms with van der Waals surface area (Å²) in [6.07, 6.45) is 0. The number of rotatable bonds is 4. The number of nitrogens with one attached hydrogen (secondary N) is 2. The number of benzene rings is 2. The second-order valence-corrected chi connectivity index (χ2v) is 4.87. The number of methoxy groups -OCH3 is 1. The molecule has 0 atom stereocenters. The van der Waals surface area contributed by atoms with Gasteiger partial charge in [-0.3, -0.25) is 0 Å². The second kappa shape index (κ2) is 6.91. The number of aryl methyl sites for hydroxylation is 1. The molecule has 3 nitrogen and oxygen atoms in total. The standard InChI is InChI=1S/C16H18N2OS/c1-12-5-3-4-6-13(12)11-17-16(20)18-14-7-9-15(19-2)10-8-14/h3-10H,11H2,1-2H3,(H2,17,18,20). The summed E-state index contributed by atoms with van der Waals surface area (Å²) in [5, 5.41) is 6.96. The average molecular weight is 286 g/mol. The number of hydrogen-bond donors (Lipinski definition) is 2. The quantitative estimate of drug-likeness (QED) is 0.843. The normalized spacial score (nSPS) is 9.90. The fourth-order valence-corrected chi connectivity index (χ4v) is 2.02. The zero-order valence-corrected chi connectivity index (χ0v) is 12.5. The maximum absolute atomic E-state index is 5.29. The molecule has 4 heteroatoms. The third kappa shape index (κ3) is 3.96. The van der Waals surface area contributed by atoms with E-state index in [1.165, 1.54) is 11.1 Å². The lowest BCUT2D eigenvalue weighted by atomic mass is 10.1. The molecule has 0 spiro atoms. The van der Waals surface area contributed by atoms with E-state index >= 15 is 0 Å². The van der Waals surface area contributed by atoms with Crippen molar-refractivity contribution in [3.8, 4) is 5.75 Å². The number of thiocarbonyl (C=S) groups is 1. The summed E-state index contributed by atoms with van der Waals surface area (Å²) >= 11 is 5.29. The van der Waals surface area contributed by atoms with Crippen LogP contribution in [0.1, 0.15) is 11.1 Å². The van der Waals surface area contributed by atoms with E-state index in [1.54, 1.807) is 7.11 Å². The van der Waals surface area contributed by atoms with Gasteiger partial charge in [-0.15, -0.1) is 0 Å². The predicted octanol–water partition coefficient (Wildman–Crippen LogP) is 3.49. The Morgan fingerprint density at radius 2 is 1.80 bits per heavy atom. The first-order valence-corrected chi connectivity index (χ1v) is 6.83. The average Bonchev–Trinajstić information content (AvgIpc) is 2.47. The molecule has 20 heavy (non-hydrogen) atoms. The number of anilines is 1. The van der Waals surface area contributed by atoms with E-state index in [-0.39, 0.29) is 0 Å². The molecule has 0 saturated carbocycles. The lowest BCUT2D eigenvalue weighted by molar-refractivity contribution is 0.415. The van der Waals surface area contributed by atoms with Crippen molar-refractivity contribution in [2.45, 2.75) is 13.5 Å². The smallest absolute Gasteiger partial charge is 0.171 e. The van der Waals surface area contributed by atoms with Crippen LogP contribution in [0.25, 0.3) is 0 Å². The van der Waals surface area contributed by atoms with Crippen LogP contribution in [0, 0.1) is 6.92 Å². The highest BCUT2D eigenvalue weighted by atomic mass is 32.1. The molecule has 2 rings (SSSR count). The number of hydrogen-bond acceptors (Lipinski definition) is 2. The summed E-state index contributed by atoms with van der Waals surface area (Å²) < 4.78 is 5.12. The zero-order chi connectivity index (χ0) is 14.4. The largest absolute Gasteiger partial charge is 0.497 e. The molecular formula is C16H18N2OS. The van der Waals surface area contributed by atoms with Crippen molar-refractivity contribution in [2.75, 3.05) is 12.4 Å². The molecule has 2 aromatic rings. The Bertz CT molecular complexity index is 581. The highest BCUT2D eigenvalue weighted by molar-refractivity contribution is 7.80. The second-order valence-electron chi connectivity index (χ2n) is 4.46. The Morgan fingerprint density at radius 1 is 1.10 bits per heavy atom. The predicted molar refractivity (Wildman–Crippen MR) is 87.2 cm³/mol. The molecule has 2 N–H and O–H groups in total. The zero-order valence-electron chi connectivity index (χ0n) is 11.6. The molecular weight excluding hydrogens is 268 g/mol. The SMILES string of the molecule is COc1ccc(NC(=S)NCc2ccccc2C)cc1. The minimum absolute atomic E-state index is 0.610. The van der Waals surface area contributed by atoms with Crippen LogP contribution in [0.2, 0.25) is 0 Å². The van der Waals surface area contributed by atoms with Crippen molar-refractivity contribution in [3.63, 3.8) is 0 Å². The Morgan fingerprint density at radius 3 is 2.45 bits per heavy atom. The van der Waals surface area contributed by atoms with Crippen LogP contribution >= 0.6 is 12.2 Å². The highest BCUT2D eigenvalue weighted by Crippen LogP contribution is 2.15. The Balaban J connectivity index is 1.87. The summed E-state index contributed by atoms with van der Waals surface area (Å²) in [6, 6.07) is 15.9. The van der Waals surface area contributed by atoms with E-state index in [0.29, 0.717) is 11.7 Å². The molecule has 0 aliphatic heterocycles. The van der Waals surface area contributed by atoms with Crippen molar-refractivity contribution in [3.05, 3.63) is 59.7 Å². The van der Waals surface area contributed by atoms with Gasteiger partial charge >= 0.3 is 0 Å². The molecule has 0 saturated heterocycles. The van der Waals surface area contributed by atoms with Crippen molar-refractivity contribution in [1.82, 2.24) is 5.32 Å². The fourth-order valence-electron chi connectivity index (χ4n) is 1.83. The fraction of sp³-hybridized carbons (Fsp3) is 0.188. The van der Waals surface area contributed by atoms with Gasteiger partial charge in [-0.2, -0.15) is 0 Å². The summed E-state index contributed by atoms with van der Waals surface area (Å²) in [5.74, 6) is 0.828. The van der Waals surface area contributed by atoms with Gasteiger partial charge in [0.25, 0.3) is 0 Å². The van der Waals surface area contributed by atoms with E-state index in [9.17, 15) is 0 Å². The first-order valence-electron chi connectivity index (χ1n) is 6.42. The highest BCUT2D eigenvalue weighted by Gasteiger charge is 2.00. The van der Waals surface area contributed by atoms with Gasteiger partial charge in [0, 0.05) is 12.2 Å². The lowest BCUT2D eigenvalue weighted by Crippen LogP contribution is -2.28. The van der Waals surface area contributed by atoms with Gasteiger partial charge in [0.1, 0.15) is 5.75 Å². The van der Waals surface area contributed by atoms with Gasteiger partial charge < -0.3 is 15.4 Å². The van der Waals surface area contributed by atoms with Crippen LogP contribution < -0.4 is 15.4 Å². The van der Waals surface area contributed by atoms with E-state index < -0.39 is 0 Å². The Labute approximate surface area is 125 Å². The van der Waals surface area contributed by atoms with Gasteiger partial charge in [-0.05, 0) is 54.5 Å². The third-order valence-corrected chi connectivity index (χ3v) is 3.29. The van der Waals surface area contributed by atoms with E-state index in [1.807, 2.05) is 36.4 Å². The number of ether oxygens (including phenoxy) is 1. The first kappa shape index (κ1) is 14.3. The van der Waals surface area contributed by atoms with Crippen molar-refractivity contribution in [2.24, 2.45) is 0 Å². The van der Waals surface area contributed by atoms with E-state index in [0.717, 1.165) is 11.4 Å².